The number of carbonyl (C=O) groups excluding carboxylic acids is 1. The molecule has 0 fully saturated rings. The summed E-state index contributed by atoms with van der Waals surface area (Å²) in [5.74, 6) is 0.711. The maximum absolute atomic E-state index is 13.1. The molecule has 12 heteroatoms. The van der Waals surface area contributed by atoms with Crippen LogP contribution in [-0.2, 0) is 30.5 Å². The molecule has 9 nitrogen and oxygen atoms in total. The minimum absolute atomic E-state index is 0.0128. The van der Waals surface area contributed by atoms with Gasteiger partial charge >= 0.3 is 12.3 Å². The monoisotopic (exact) mass is 449 g/mol. The number of hydrogen-bond acceptors (Lipinski definition) is 7. The van der Waals surface area contributed by atoms with Gasteiger partial charge < -0.3 is 15.8 Å². The van der Waals surface area contributed by atoms with Crippen molar-refractivity contribution in [1.29, 1.82) is 0 Å². The molecule has 0 bridgehead atoms. The van der Waals surface area contributed by atoms with Crippen LogP contribution in [0.25, 0.3) is 5.78 Å². The number of nitrogens with zero attached hydrogens (tertiary/aromatic N) is 5. The number of rotatable bonds is 3. The van der Waals surface area contributed by atoms with Crippen molar-refractivity contribution in [3.63, 3.8) is 0 Å². The number of hydrogen-bond donors (Lipinski definition) is 2. The SMILES string of the molecule is CC(C)(C)OC(=O)N1Cc2c(NCc3cc(N)cc(C(F)(F)F)c3)nc3nncn3c2C1. The number of amides is 1. The Kier molecular flexibility index (Phi) is 5.10. The van der Waals surface area contributed by atoms with E-state index < -0.39 is 23.4 Å². The largest absolute Gasteiger partial charge is 0.444 e. The molecule has 1 aliphatic rings. The van der Waals surface area contributed by atoms with E-state index in [0.717, 1.165) is 17.8 Å². The first-order valence-corrected chi connectivity index (χ1v) is 9.80. The fraction of sp³-hybridized carbons (Fsp3) is 0.400. The minimum Gasteiger partial charge on any atom is -0.444 e. The third-order valence-electron chi connectivity index (χ3n) is 4.81. The standard InChI is InChI=1S/C20H22F3N7O2/c1-19(2,3)32-18(31)29-8-14-15(9-29)30-10-26-28-17(30)27-16(14)25-7-11-4-12(20(21,22)23)6-13(24)5-11/h4-6,10H,7-9,24H2,1-3H3,(H,25,27,28). The molecule has 3 N–H and O–H groups in total. The average Bonchev–Trinajstić information content (AvgIpc) is 3.30. The molecule has 0 atom stereocenters. The van der Waals surface area contributed by atoms with Crippen LogP contribution in [0.5, 0.6) is 0 Å². The number of ether oxygens (including phenoxy) is 1. The van der Waals surface area contributed by atoms with Gasteiger partial charge in [0.2, 0.25) is 0 Å². The highest BCUT2D eigenvalue weighted by molar-refractivity contribution is 5.70. The molecule has 1 aliphatic heterocycles. The summed E-state index contributed by atoms with van der Waals surface area (Å²) in [5.41, 5.74) is 5.99. The highest BCUT2D eigenvalue weighted by Crippen LogP contribution is 2.33. The van der Waals surface area contributed by atoms with Crippen molar-refractivity contribution < 1.29 is 22.7 Å². The van der Waals surface area contributed by atoms with Crippen molar-refractivity contribution in [3.05, 3.63) is 46.9 Å². The molecule has 3 aromatic rings. The fourth-order valence-electron chi connectivity index (χ4n) is 3.48. The van der Waals surface area contributed by atoms with Crippen LogP contribution in [0.3, 0.4) is 0 Å². The van der Waals surface area contributed by atoms with E-state index in [-0.39, 0.29) is 25.3 Å². The second-order valence-electron chi connectivity index (χ2n) is 8.54. The maximum Gasteiger partial charge on any atom is 0.416 e. The van der Waals surface area contributed by atoms with Gasteiger partial charge in [-0.25, -0.2) is 4.79 Å². The molecule has 0 saturated carbocycles. The van der Waals surface area contributed by atoms with Gasteiger partial charge in [0, 0.05) is 17.8 Å². The van der Waals surface area contributed by atoms with Crippen LogP contribution in [0, 0.1) is 0 Å². The lowest BCUT2D eigenvalue weighted by Gasteiger charge is -2.24. The Morgan fingerprint density at radius 3 is 2.66 bits per heavy atom. The van der Waals surface area contributed by atoms with Crippen LogP contribution in [0.4, 0.5) is 29.5 Å². The zero-order valence-corrected chi connectivity index (χ0v) is 17.7. The van der Waals surface area contributed by atoms with E-state index in [1.807, 2.05) is 0 Å². The van der Waals surface area contributed by atoms with Gasteiger partial charge in [-0.05, 0) is 44.5 Å². The molecule has 0 aliphatic carbocycles. The summed E-state index contributed by atoms with van der Waals surface area (Å²) < 4.78 is 46.5. The van der Waals surface area contributed by atoms with Crippen LogP contribution in [0.15, 0.2) is 24.5 Å². The lowest BCUT2D eigenvalue weighted by Crippen LogP contribution is -2.33. The van der Waals surface area contributed by atoms with Gasteiger partial charge in [-0.2, -0.15) is 18.2 Å². The lowest BCUT2D eigenvalue weighted by atomic mass is 10.1. The van der Waals surface area contributed by atoms with Gasteiger partial charge in [0.05, 0.1) is 24.3 Å². The summed E-state index contributed by atoms with van der Waals surface area (Å²) in [6, 6.07) is 3.39. The number of nitrogen functional groups attached to an aromatic ring is 1. The number of benzene rings is 1. The molecule has 0 radical (unpaired) electrons. The number of anilines is 2. The number of aromatic nitrogens is 4. The lowest BCUT2D eigenvalue weighted by molar-refractivity contribution is -0.137. The summed E-state index contributed by atoms with van der Waals surface area (Å²) in [7, 11) is 0. The highest BCUT2D eigenvalue weighted by Gasteiger charge is 2.33. The Hall–Kier alpha value is -3.57. The summed E-state index contributed by atoms with van der Waals surface area (Å²) in [6.45, 7) is 5.86. The second-order valence-corrected chi connectivity index (χ2v) is 8.54. The molecule has 4 rings (SSSR count). The molecular formula is C20H22F3N7O2. The number of halogens is 3. The Morgan fingerprint density at radius 2 is 1.97 bits per heavy atom. The fourth-order valence-corrected chi connectivity index (χ4v) is 3.48. The third kappa shape index (κ3) is 4.39. The number of nitrogens with one attached hydrogen (secondary N) is 1. The van der Waals surface area contributed by atoms with E-state index >= 15 is 0 Å². The molecule has 0 spiro atoms. The van der Waals surface area contributed by atoms with Crippen LogP contribution < -0.4 is 11.1 Å². The smallest absolute Gasteiger partial charge is 0.416 e. The van der Waals surface area contributed by atoms with E-state index in [1.165, 1.54) is 17.3 Å². The van der Waals surface area contributed by atoms with Crippen molar-refractivity contribution in [2.75, 3.05) is 11.1 Å². The third-order valence-corrected chi connectivity index (χ3v) is 4.81. The highest BCUT2D eigenvalue weighted by atomic mass is 19.4. The van der Waals surface area contributed by atoms with Crippen molar-refractivity contribution in [2.24, 2.45) is 0 Å². The molecule has 1 aromatic carbocycles. The van der Waals surface area contributed by atoms with Crippen LogP contribution >= 0.6 is 0 Å². The Bertz CT molecular complexity index is 1180. The van der Waals surface area contributed by atoms with Gasteiger partial charge in [0.15, 0.2) is 0 Å². The zero-order valence-electron chi connectivity index (χ0n) is 17.7. The summed E-state index contributed by atoms with van der Waals surface area (Å²) in [5, 5.41) is 10.9. The van der Waals surface area contributed by atoms with Gasteiger partial charge in [-0.3, -0.25) is 9.30 Å². The Labute approximate surface area is 181 Å². The molecular weight excluding hydrogens is 427 g/mol. The number of carbonyl (C=O) groups is 1. The Morgan fingerprint density at radius 1 is 1.22 bits per heavy atom. The predicted octanol–water partition coefficient (Wildman–Crippen LogP) is 3.59. The molecule has 32 heavy (non-hydrogen) atoms. The van der Waals surface area contributed by atoms with E-state index in [4.69, 9.17) is 10.5 Å². The topological polar surface area (TPSA) is 111 Å². The first kappa shape index (κ1) is 21.7. The quantitative estimate of drug-likeness (QED) is 0.588. The van der Waals surface area contributed by atoms with Crippen molar-refractivity contribution in [3.8, 4) is 0 Å². The number of alkyl halides is 3. The van der Waals surface area contributed by atoms with Crippen LogP contribution in [0.1, 0.15) is 43.2 Å². The molecule has 3 heterocycles. The van der Waals surface area contributed by atoms with Crippen LogP contribution in [0.2, 0.25) is 0 Å². The van der Waals surface area contributed by atoms with Crippen molar-refractivity contribution in [1.82, 2.24) is 24.5 Å². The van der Waals surface area contributed by atoms with E-state index in [9.17, 15) is 18.0 Å². The van der Waals surface area contributed by atoms with E-state index in [2.05, 4.69) is 20.5 Å². The van der Waals surface area contributed by atoms with Crippen LogP contribution in [-0.4, -0.2) is 36.2 Å². The van der Waals surface area contributed by atoms with Gasteiger partial charge in [0.1, 0.15) is 17.7 Å². The predicted molar refractivity (Wildman–Crippen MR) is 109 cm³/mol. The number of fused-ring (bicyclic) bond motifs is 3. The Balaban J connectivity index is 1.62. The summed E-state index contributed by atoms with van der Waals surface area (Å²) in [6.07, 6.45) is -3.49. The summed E-state index contributed by atoms with van der Waals surface area (Å²) in [4.78, 5) is 18.5. The maximum atomic E-state index is 13.1. The molecule has 0 unspecified atom stereocenters. The van der Waals surface area contributed by atoms with E-state index in [1.54, 1.807) is 25.2 Å². The van der Waals surface area contributed by atoms with Crippen molar-refractivity contribution in [2.45, 2.75) is 52.2 Å². The zero-order chi connectivity index (χ0) is 23.3. The number of nitrogens with two attached hydrogens (primary N) is 1. The van der Waals surface area contributed by atoms with E-state index in [0.29, 0.717) is 22.7 Å². The molecule has 1 amide bonds. The van der Waals surface area contributed by atoms with Gasteiger partial charge in [-0.15, -0.1) is 10.2 Å². The average molecular weight is 449 g/mol. The first-order chi connectivity index (χ1) is 14.9. The van der Waals surface area contributed by atoms with Gasteiger partial charge in [0.25, 0.3) is 5.78 Å². The minimum atomic E-state index is -4.50. The summed E-state index contributed by atoms with van der Waals surface area (Å²) >= 11 is 0. The molecule has 170 valence electrons. The van der Waals surface area contributed by atoms with Gasteiger partial charge in [-0.1, -0.05) is 0 Å². The first-order valence-electron chi connectivity index (χ1n) is 9.80. The second kappa shape index (κ2) is 7.53. The molecule has 2 aromatic heterocycles. The normalized spacial score (nSPS) is 14.0. The van der Waals surface area contributed by atoms with Crippen molar-refractivity contribution >= 4 is 23.4 Å². The molecule has 0 saturated heterocycles.